The van der Waals surface area contributed by atoms with Crippen LogP contribution in [0.1, 0.15) is 27.8 Å². The summed E-state index contributed by atoms with van der Waals surface area (Å²) in [5, 5.41) is 4.05. The number of carbonyl (C=O) groups excluding carboxylic acids is 3. The maximum absolute atomic E-state index is 12.4. The zero-order valence-corrected chi connectivity index (χ0v) is 16.4. The Bertz CT molecular complexity index is 1120. The number of rotatable bonds is 5. The molecular weight excluding hydrogens is 384 g/mol. The topological polar surface area (TPSA) is 105 Å². The summed E-state index contributed by atoms with van der Waals surface area (Å²) < 4.78 is 13.5. The molecule has 0 aliphatic rings. The molecule has 3 aromatic rings. The summed E-state index contributed by atoms with van der Waals surface area (Å²) in [6.45, 7) is 1.85. The molecule has 0 fully saturated rings. The van der Waals surface area contributed by atoms with E-state index in [1.807, 2.05) is 0 Å². The molecule has 1 amide bonds. The van der Waals surface area contributed by atoms with Gasteiger partial charge in [0, 0.05) is 13.2 Å². The average Bonchev–Trinajstić information content (AvgIpc) is 3.25. The highest BCUT2D eigenvalue weighted by Crippen LogP contribution is 2.20. The zero-order chi connectivity index (χ0) is 20.3. The standard InChI is InChI=1S/C18H18N4O5S/c1-4-27-15(23)10-22-13-6-5-11(17(25)26-3)9-14(13)28-18(22)19-16(24)12-7-8-21(2)20-12/h5-9H,4,10H2,1-3H3. The minimum atomic E-state index is -0.530. The molecule has 0 N–H and O–H groups in total. The second-order valence-corrected chi connectivity index (χ2v) is 6.75. The number of benzene rings is 1. The van der Waals surface area contributed by atoms with Crippen molar-refractivity contribution in [1.82, 2.24) is 14.3 Å². The van der Waals surface area contributed by atoms with Crippen LogP contribution in [0.15, 0.2) is 35.5 Å². The van der Waals surface area contributed by atoms with Gasteiger partial charge in [0.1, 0.15) is 6.54 Å². The van der Waals surface area contributed by atoms with E-state index in [0.717, 1.165) is 0 Å². The Kier molecular flexibility index (Phi) is 5.69. The first kappa shape index (κ1) is 19.5. The molecule has 0 atom stereocenters. The predicted octanol–water partition coefficient (Wildman–Crippen LogP) is 1.53. The number of methoxy groups -OCH3 is 1. The second-order valence-electron chi connectivity index (χ2n) is 5.74. The Labute approximate surface area is 163 Å². The first-order chi connectivity index (χ1) is 13.4. The number of ether oxygens (including phenoxy) is 2. The molecule has 0 radical (unpaired) electrons. The number of hydrogen-bond donors (Lipinski definition) is 0. The molecular formula is C18H18N4O5S. The summed E-state index contributed by atoms with van der Waals surface area (Å²) in [6.07, 6.45) is 1.64. The van der Waals surface area contributed by atoms with Gasteiger partial charge in [-0.25, -0.2) is 4.79 Å². The molecule has 0 unspecified atom stereocenters. The third-order valence-corrected chi connectivity index (χ3v) is 4.87. The van der Waals surface area contributed by atoms with E-state index in [2.05, 4.69) is 10.1 Å². The van der Waals surface area contributed by atoms with Gasteiger partial charge < -0.3 is 14.0 Å². The number of hydrogen-bond acceptors (Lipinski definition) is 7. The Morgan fingerprint density at radius 1 is 1.25 bits per heavy atom. The van der Waals surface area contributed by atoms with Gasteiger partial charge in [-0.05, 0) is 31.2 Å². The van der Waals surface area contributed by atoms with Crippen LogP contribution in [0.5, 0.6) is 0 Å². The summed E-state index contributed by atoms with van der Waals surface area (Å²) in [6, 6.07) is 6.47. The number of nitrogens with zero attached hydrogens (tertiary/aromatic N) is 4. The van der Waals surface area contributed by atoms with Crippen LogP contribution in [0.3, 0.4) is 0 Å². The van der Waals surface area contributed by atoms with Crippen LogP contribution in [0.25, 0.3) is 10.2 Å². The highest BCUT2D eigenvalue weighted by atomic mass is 32.1. The smallest absolute Gasteiger partial charge is 0.337 e. The summed E-state index contributed by atoms with van der Waals surface area (Å²) in [5.74, 6) is -1.46. The number of esters is 2. The summed E-state index contributed by atoms with van der Waals surface area (Å²) in [5.41, 5.74) is 1.21. The number of amides is 1. The van der Waals surface area contributed by atoms with Gasteiger partial charge in [-0.2, -0.15) is 10.1 Å². The van der Waals surface area contributed by atoms with Crippen molar-refractivity contribution in [3.63, 3.8) is 0 Å². The molecule has 2 aromatic heterocycles. The lowest BCUT2D eigenvalue weighted by Crippen LogP contribution is -2.23. The molecule has 0 bridgehead atoms. The van der Waals surface area contributed by atoms with E-state index in [4.69, 9.17) is 9.47 Å². The minimum Gasteiger partial charge on any atom is -0.465 e. The van der Waals surface area contributed by atoms with Crippen LogP contribution in [0, 0.1) is 0 Å². The second kappa shape index (κ2) is 8.17. The van der Waals surface area contributed by atoms with Crippen molar-refractivity contribution < 1.29 is 23.9 Å². The molecule has 0 spiro atoms. The molecule has 0 saturated heterocycles. The average molecular weight is 402 g/mol. The van der Waals surface area contributed by atoms with Gasteiger partial charge >= 0.3 is 11.9 Å². The molecule has 0 aliphatic heterocycles. The van der Waals surface area contributed by atoms with E-state index >= 15 is 0 Å². The molecule has 0 saturated carbocycles. The zero-order valence-electron chi connectivity index (χ0n) is 15.5. The lowest BCUT2D eigenvalue weighted by atomic mass is 10.2. The van der Waals surface area contributed by atoms with E-state index in [1.54, 1.807) is 49.0 Å². The van der Waals surface area contributed by atoms with E-state index in [-0.39, 0.29) is 18.8 Å². The molecule has 28 heavy (non-hydrogen) atoms. The fourth-order valence-corrected chi connectivity index (χ4v) is 3.63. The highest BCUT2D eigenvalue weighted by molar-refractivity contribution is 7.16. The monoisotopic (exact) mass is 402 g/mol. The van der Waals surface area contributed by atoms with Crippen LogP contribution < -0.4 is 4.80 Å². The molecule has 9 nitrogen and oxygen atoms in total. The number of carbonyl (C=O) groups is 3. The molecule has 10 heteroatoms. The van der Waals surface area contributed by atoms with Gasteiger partial charge in [0.25, 0.3) is 5.91 Å². The molecule has 0 aliphatic carbocycles. The van der Waals surface area contributed by atoms with Gasteiger partial charge in [0.05, 0.1) is 29.5 Å². The van der Waals surface area contributed by atoms with Crippen molar-refractivity contribution in [2.24, 2.45) is 12.0 Å². The third kappa shape index (κ3) is 4.01. The Morgan fingerprint density at radius 2 is 2.04 bits per heavy atom. The normalized spacial score (nSPS) is 11.6. The lowest BCUT2D eigenvalue weighted by Gasteiger charge is -2.05. The van der Waals surface area contributed by atoms with Gasteiger partial charge in [0.2, 0.25) is 0 Å². The maximum Gasteiger partial charge on any atom is 0.337 e. The van der Waals surface area contributed by atoms with Crippen LogP contribution in [-0.2, 0) is 27.9 Å². The number of thiazole rings is 1. The fourth-order valence-electron chi connectivity index (χ4n) is 2.57. The Hall–Kier alpha value is -3.27. The maximum atomic E-state index is 12.4. The molecule has 2 heterocycles. The van der Waals surface area contributed by atoms with Crippen molar-refractivity contribution in [1.29, 1.82) is 0 Å². The van der Waals surface area contributed by atoms with E-state index < -0.39 is 17.8 Å². The van der Waals surface area contributed by atoms with E-state index in [9.17, 15) is 14.4 Å². The number of aromatic nitrogens is 3. The van der Waals surface area contributed by atoms with E-state index in [0.29, 0.717) is 20.6 Å². The quantitative estimate of drug-likeness (QED) is 0.600. The number of fused-ring (bicyclic) bond motifs is 1. The largest absolute Gasteiger partial charge is 0.465 e. The summed E-state index contributed by atoms with van der Waals surface area (Å²) >= 11 is 1.18. The van der Waals surface area contributed by atoms with E-state index in [1.165, 1.54) is 23.1 Å². The SMILES string of the molecule is CCOC(=O)Cn1c(=NC(=O)c2ccn(C)n2)sc2cc(C(=O)OC)ccc21. The number of aryl methyl sites for hydroxylation is 1. The van der Waals surface area contributed by atoms with Gasteiger partial charge in [0.15, 0.2) is 10.5 Å². The first-order valence-corrected chi connectivity index (χ1v) is 9.20. The van der Waals surface area contributed by atoms with Gasteiger partial charge in [-0.1, -0.05) is 11.3 Å². The highest BCUT2D eigenvalue weighted by Gasteiger charge is 2.15. The van der Waals surface area contributed by atoms with Gasteiger partial charge in [-0.15, -0.1) is 0 Å². The van der Waals surface area contributed by atoms with Crippen LogP contribution in [0.4, 0.5) is 0 Å². The molecule has 1 aromatic carbocycles. The van der Waals surface area contributed by atoms with Crippen LogP contribution >= 0.6 is 11.3 Å². The molecule has 146 valence electrons. The Balaban J connectivity index is 2.12. The van der Waals surface area contributed by atoms with Crippen molar-refractivity contribution in [3.05, 3.63) is 46.5 Å². The van der Waals surface area contributed by atoms with Crippen LogP contribution in [0.2, 0.25) is 0 Å². The Morgan fingerprint density at radius 3 is 2.68 bits per heavy atom. The minimum absolute atomic E-state index is 0.111. The first-order valence-electron chi connectivity index (χ1n) is 8.39. The van der Waals surface area contributed by atoms with Crippen molar-refractivity contribution in [2.45, 2.75) is 13.5 Å². The third-order valence-electron chi connectivity index (χ3n) is 3.83. The van der Waals surface area contributed by atoms with Crippen molar-refractivity contribution in [2.75, 3.05) is 13.7 Å². The predicted molar refractivity (Wildman–Crippen MR) is 101 cm³/mol. The summed E-state index contributed by atoms with van der Waals surface area (Å²) in [4.78, 5) is 40.7. The molecule has 3 rings (SSSR count). The lowest BCUT2D eigenvalue weighted by molar-refractivity contribution is -0.143. The fraction of sp³-hybridized carbons (Fsp3) is 0.278. The summed E-state index contributed by atoms with van der Waals surface area (Å²) in [7, 11) is 3.00. The van der Waals surface area contributed by atoms with Crippen molar-refractivity contribution in [3.8, 4) is 0 Å². The van der Waals surface area contributed by atoms with Gasteiger partial charge in [-0.3, -0.25) is 14.3 Å². The van der Waals surface area contributed by atoms with Crippen molar-refractivity contribution >= 4 is 39.4 Å². The van der Waals surface area contributed by atoms with Crippen LogP contribution in [-0.4, -0.2) is 45.9 Å².